The Morgan fingerprint density at radius 2 is 1.65 bits per heavy atom. The van der Waals surface area contributed by atoms with Gasteiger partial charge >= 0.3 is 7.69 Å². The highest BCUT2D eigenvalue weighted by atomic mass is 32.1. The summed E-state index contributed by atoms with van der Waals surface area (Å²) in [4.78, 5) is 0. The first-order chi connectivity index (χ1) is 12.8. The molecule has 5 rings (SSSR count). The summed E-state index contributed by atoms with van der Waals surface area (Å²) in [7, 11) is 0.722. The molecule has 1 heterocycles. The van der Waals surface area contributed by atoms with E-state index in [9.17, 15) is 0 Å². The zero-order valence-electron chi connectivity index (χ0n) is 13.8. The van der Waals surface area contributed by atoms with Gasteiger partial charge in [0.1, 0.15) is 5.75 Å². The van der Waals surface area contributed by atoms with E-state index >= 15 is 0 Å². The number of fused-ring (bicyclic) bond motifs is 4. The fourth-order valence-electron chi connectivity index (χ4n) is 3.54. The summed E-state index contributed by atoms with van der Waals surface area (Å²) in [6, 6.07) is 27.4. The van der Waals surface area contributed by atoms with Crippen molar-refractivity contribution in [1.82, 2.24) is 0 Å². The molecule has 0 atom stereocenters. The first-order valence-corrected chi connectivity index (χ1v) is 9.22. The summed E-state index contributed by atoms with van der Waals surface area (Å²) in [6.45, 7) is 0. The highest BCUT2D eigenvalue weighted by Gasteiger charge is 2.12. The smallest absolute Gasteiger partial charge is 0.537 e. The van der Waals surface area contributed by atoms with Gasteiger partial charge in [0.15, 0.2) is 0 Å². The van der Waals surface area contributed by atoms with Crippen LogP contribution >= 0.6 is 11.3 Å². The zero-order chi connectivity index (χ0) is 17.5. The lowest BCUT2D eigenvalue weighted by Crippen LogP contribution is -1.99. The van der Waals surface area contributed by atoms with Gasteiger partial charge in [-0.1, -0.05) is 48.5 Å². The number of hydrogen-bond donors (Lipinski definition) is 1. The molecule has 1 aromatic heterocycles. The van der Waals surface area contributed by atoms with E-state index in [1.165, 1.54) is 36.7 Å². The van der Waals surface area contributed by atoms with Crippen molar-refractivity contribution < 1.29 is 9.68 Å². The molecule has 0 saturated carbocycles. The van der Waals surface area contributed by atoms with Crippen molar-refractivity contribution in [2.24, 2.45) is 0 Å². The van der Waals surface area contributed by atoms with Crippen LogP contribution in [0.1, 0.15) is 0 Å². The average molecular weight is 353 g/mol. The molecular formula is C22H14BO2S. The van der Waals surface area contributed by atoms with Crippen LogP contribution in [0.25, 0.3) is 42.1 Å². The van der Waals surface area contributed by atoms with E-state index in [1.807, 2.05) is 18.2 Å². The normalized spacial score (nSPS) is 11.3. The summed E-state index contributed by atoms with van der Waals surface area (Å²) in [5, 5.41) is 13.8. The molecule has 0 amide bonds. The predicted molar refractivity (Wildman–Crippen MR) is 111 cm³/mol. The fourth-order valence-corrected chi connectivity index (χ4v) is 4.65. The molecule has 0 unspecified atom stereocenters. The van der Waals surface area contributed by atoms with E-state index < -0.39 is 0 Å². The first-order valence-electron chi connectivity index (χ1n) is 8.40. The molecule has 26 heavy (non-hydrogen) atoms. The standard InChI is InChI=1S/C22H14BO2S/c24-23-25-17-10-11-20-19(13-17)22-18(6-3-7-21(22)26-20)16-9-8-14-4-1-2-5-15(14)12-16/h1-13,24H. The number of hydrogen-bond acceptors (Lipinski definition) is 3. The van der Waals surface area contributed by atoms with Crippen LogP contribution in [-0.4, -0.2) is 12.7 Å². The Bertz CT molecular complexity index is 1260. The van der Waals surface area contributed by atoms with Crippen molar-refractivity contribution in [2.45, 2.75) is 0 Å². The molecule has 0 bridgehead atoms. The Hall–Kier alpha value is -2.82. The SMILES string of the molecule is O[B]Oc1ccc2sc3cccc(-c4ccc5ccccc5c4)c3c2c1. The van der Waals surface area contributed by atoms with Crippen molar-refractivity contribution in [1.29, 1.82) is 0 Å². The maximum absolute atomic E-state index is 8.94. The second-order valence-electron chi connectivity index (χ2n) is 6.22. The van der Waals surface area contributed by atoms with Gasteiger partial charge in [-0.2, -0.15) is 0 Å². The average Bonchev–Trinajstić information content (AvgIpc) is 3.06. The molecule has 5 aromatic rings. The third kappa shape index (κ3) is 2.46. The van der Waals surface area contributed by atoms with Crippen molar-refractivity contribution in [3.63, 3.8) is 0 Å². The summed E-state index contributed by atoms with van der Waals surface area (Å²) in [5.74, 6) is 0.632. The van der Waals surface area contributed by atoms with Crippen LogP contribution in [0.2, 0.25) is 0 Å². The highest BCUT2D eigenvalue weighted by Crippen LogP contribution is 2.41. The van der Waals surface area contributed by atoms with Crippen molar-refractivity contribution in [3.8, 4) is 16.9 Å². The molecule has 2 nitrogen and oxygen atoms in total. The van der Waals surface area contributed by atoms with Crippen LogP contribution < -0.4 is 4.65 Å². The quantitative estimate of drug-likeness (QED) is 0.417. The van der Waals surface area contributed by atoms with Gasteiger partial charge in [0.05, 0.1) is 0 Å². The van der Waals surface area contributed by atoms with Crippen molar-refractivity contribution >= 4 is 50.0 Å². The summed E-state index contributed by atoms with van der Waals surface area (Å²) >= 11 is 1.77. The van der Waals surface area contributed by atoms with Gasteiger partial charge in [-0.05, 0) is 52.2 Å². The highest BCUT2D eigenvalue weighted by molar-refractivity contribution is 7.25. The Labute approximate surface area is 155 Å². The predicted octanol–water partition coefficient (Wildman–Crippen LogP) is 5.78. The van der Waals surface area contributed by atoms with Gasteiger partial charge in [-0.3, -0.25) is 0 Å². The van der Waals surface area contributed by atoms with Gasteiger partial charge in [-0.25, -0.2) is 0 Å². The fraction of sp³-hybridized carbons (Fsp3) is 0. The van der Waals surface area contributed by atoms with E-state index in [0.29, 0.717) is 5.75 Å². The van der Waals surface area contributed by atoms with E-state index in [0.717, 1.165) is 13.1 Å². The molecule has 0 aliphatic rings. The minimum absolute atomic E-state index is 0.632. The van der Waals surface area contributed by atoms with E-state index in [-0.39, 0.29) is 0 Å². The topological polar surface area (TPSA) is 29.5 Å². The molecule has 0 aliphatic carbocycles. The van der Waals surface area contributed by atoms with E-state index in [1.54, 1.807) is 11.3 Å². The monoisotopic (exact) mass is 353 g/mol. The molecule has 0 spiro atoms. The molecule has 0 fully saturated rings. The summed E-state index contributed by atoms with van der Waals surface area (Å²) < 4.78 is 7.62. The molecule has 4 heteroatoms. The van der Waals surface area contributed by atoms with E-state index in [4.69, 9.17) is 9.68 Å². The molecule has 4 aromatic carbocycles. The van der Waals surface area contributed by atoms with Crippen LogP contribution in [0.15, 0.2) is 78.9 Å². The van der Waals surface area contributed by atoms with Gasteiger partial charge in [0.2, 0.25) is 0 Å². The van der Waals surface area contributed by atoms with Gasteiger partial charge < -0.3 is 9.68 Å². The van der Waals surface area contributed by atoms with Crippen LogP contribution in [0.4, 0.5) is 0 Å². The number of thiophene rings is 1. The third-order valence-electron chi connectivity index (χ3n) is 4.72. The molecule has 123 valence electrons. The lowest BCUT2D eigenvalue weighted by atomic mass is 9.97. The summed E-state index contributed by atoms with van der Waals surface area (Å²) in [5.41, 5.74) is 2.42. The molecule has 1 N–H and O–H groups in total. The Balaban J connectivity index is 1.80. The number of rotatable bonds is 3. The zero-order valence-corrected chi connectivity index (χ0v) is 14.7. The maximum Gasteiger partial charge on any atom is 0.569 e. The van der Waals surface area contributed by atoms with E-state index in [2.05, 4.69) is 60.7 Å². The number of benzene rings is 4. The maximum atomic E-state index is 8.94. The third-order valence-corrected chi connectivity index (χ3v) is 5.85. The van der Waals surface area contributed by atoms with Crippen LogP contribution in [0.5, 0.6) is 5.75 Å². The van der Waals surface area contributed by atoms with Gasteiger partial charge in [-0.15, -0.1) is 11.3 Å². The molecular weight excluding hydrogens is 339 g/mol. The second kappa shape index (κ2) is 6.17. The minimum Gasteiger partial charge on any atom is -0.537 e. The molecule has 0 aliphatic heterocycles. The lowest BCUT2D eigenvalue weighted by Gasteiger charge is -2.07. The van der Waals surface area contributed by atoms with Crippen molar-refractivity contribution in [3.05, 3.63) is 78.9 Å². The summed E-state index contributed by atoms with van der Waals surface area (Å²) in [6.07, 6.45) is 0. The largest absolute Gasteiger partial charge is 0.569 e. The van der Waals surface area contributed by atoms with Gasteiger partial charge in [0, 0.05) is 20.2 Å². The Kier molecular flexibility index (Phi) is 3.66. The molecule has 0 saturated heterocycles. The first kappa shape index (κ1) is 15.4. The van der Waals surface area contributed by atoms with Crippen LogP contribution in [-0.2, 0) is 0 Å². The van der Waals surface area contributed by atoms with Crippen LogP contribution in [0, 0.1) is 0 Å². The Morgan fingerprint density at radius 1 is 0.769 bits per heavy atom. The Morgan fingerprint density at radius 3 is 2.54 bits per heavy atom. The minimum atomic E-state index is 0.632. The lowest BCUT2D eigenvalue weighted by molar-refractivity contribution is 0.454. The van der Waals surface area contributed by atoms with Crippen molar-refractivity contribution in [2.75, 3.05) is 0 Å². The second-order valence-corrected chi connectivity index (χ2v) is 7.31. The molecule has 1 radical (unpaired) electrons. The van der Waals surface area contributed by atoms with Crippen LogP contribution in [0.3, 0.4) is 0 Å². The van der Waals surface area contributed by atoms with Gasteiger partial charge in [0.25, 0.3) is 0 Å².